The molecule has 0 saturated carbocycles. The van der Waals surface area contributed by atoms with Crippen LogP contribution in [0.1, 0.15) is 0 Å². The maximum absolute atomic E-state index is 6.44. The molecular weight excluding hydrogens is 685 g/mol. The van der Waals surface area contributed by atoms with Crippen LogP contribution in [0.15, 0.2) is 199 Å². The molecule has 0 N–H and O–H groups in total. The van der Waals surface area contributed by atoms with Crippen LogP contribution in [-0.4, -0.2) is 19.5 Å². The highest BCUT2D eigenvalue weighted by Gasteiger charge is 2.18. The van der Waals surface area contributed by atoms with Gasteiger partial charge in [0.05, 0.1) is 11.0 Å². The highest BCUT2D eigenvalue weighted by Crippen LogP contribution is 2.39. The average molecular weight is 717 g/mol. The topological polar surface area (TPSA) is 56.7 Å². The molecular formula is C51H32N4O. The van der Waals surface area contributed by atoms with E-state index in [9.17, 15) is 0 Å². The minimum absolute atomic E-state index is 0.584. The Balaban J connectivity index is 0.985. The van der Waals surface area contributed by atoms with Crippen LogP contribution in [0.25, 0.3) is 106 Å². The van der Waals surface area contributed by atoms with Crippen LogP contribution >= 0.6 is 0 Å². The van der Waals surface area contributed by atoms with Crippen molar-refractivity contribution in [2.24, 2.45) is 0 Å². The van der Waals surface area contributed by atoms with Gasteiger partial charge < -0.3 is 4.42 Å². The standard InChI is InChI=1S/C51H32N4O/c1-3-13-33(14-4-1)38-29-30-43-47(32-38)56-46-24-12-21-40(48(43)46)39-18-11-17-37(31-39)34-25-27-36(28-26-34)50-52-49(35-15-5-2-6-16-35)53-51(54-50)55-44-22-9-7-19-41(44)42-20-8-10-23-45(42)55/h1-32H. The van der Waals surface area contributed by atoms with Crippen molar-refractivity contribution in [2.45, 2.75) is 0 Å². The van der Waals surface area contributed by atoms with Gasteiger partial charge in [0.15, 0.2) is 11.6 Å². The van der Waals surface area contributed by atoms with Crippen molar-refractivity contribution in [3.63, 3.8) is 0 Å². The summed E-state index contributed by atoms with van der Waals surface area (Å²) in [5, 5.41) is 4.55. The van der Waals surface area contributed by atoms with Crippen molar-refractivity contribution in [3.05, 3.63) is 194 Å². The highest BCUT2D eigenvalue weighted by molar-refractivity contribution is 6.13. The van der Waals surface area contributed by atoms with E-state index in [1.807, 2.05) is 36.4 Å². The maximum atomic E-state index is 6.44. The molecule has 0 aliphatic heterocycles. The second kappa shape index (κ2) is 13.0. The molecule has 0 fully saturated rings. The van der Waals surface area contributed by atoms with Gasteiger partial charge in [0.2, 0.25) is 5.95 Å². The number of fused-ring (bicyclic) bond motifs is 6. The second-order valence-electron chi connectivity index (χ2n) is 14.0. The van der Waals surface area contributed by atoms with Crippen LogP contribution < -0.4 is 0 Å². The van der Waals surface area contributed by atoms with Crippen molar-refractivity contribution >= 4 is 43.7 Å². The molecule has 0 bridgehead atoms. The number of furan rings is 1. The molecule has 5 nitrogen and oxygen atoms in total. The predicted octanol–water partition coefficient (Wildman–Crippen LogP) is 13.2. The Kier molecular flexibility index (Phi) is 7.42. The first-order chi connectivity index (χ1) is 27.7. The van der Waals surface area contributed by atoms with E-state index in [2.05, 4.69) is 162 Å². The Hall–Kier alpha value is -7.63. The van der Waals surface area contributed by atoms with Gasteiger partial charge in [0.1, 0.15) is 11.2 Å². The molecule has 11 aromatic rings. The number of rotatable bonds is 6. The summed E-state index contributed by atoms with van der Waals surface area (Å²) in [4.78, 5) is 15.2. The number of aromatic nitrogens is 4. The molecule has 0 saturated heterocycles. The van der Waals surface area contributed by atoms with Crippen molar-refractivity contribution in [3.8, 4) is 62.1 Å². The summed E-state index contributed by atoms with van der Waals surface area (Å²) in [6.45, 7) is 0. The third kappa shape index (κ3) is 5.37. The Morgan fingerprint density at radius 3 is 1.57 bits per heavy atom. The quantitative estimate of drug-likeness (QED) is 0.172. The van der Waals surface area contributed by atoms with E-state index >= 15 is 0 Å². The summed E-state index contributed by atoms with van der Waals surface area (Å²) in [7, 11) is 0. The van der Waals surface area contributed by atoms with Crippen LogP contribution in [0, 0.1) is 0 Å². The van der Waals surface area contributed by atoms with Gasteiger partial charge in [-0.1, -0.05) is 158 Å². The third-order valence-electron chi connectivity index (χ3n) is 10.7. The fraction of sp³-hybridized carbons (Fsp3) is 0. The largest absolute Gasteiger partial charge is 0.456 e. The molecule has 0 amide bonds. The Morgan fingerprint density at radius 2 is 0.857 bits per heavy atom. The van der Waals surface area contributed by atoms with Crippen molar-refractivity contribution < 1.29 is 4.42 Å². The number of hydrogen-bond acceptors (Lipinski definition) is 4. The van der Waals surface area contributed by atoms with Crippen LogP contribution in [0.2, 0.25) is 0 Å². The third-order valence-corrected chi connectivity index (χ3v) is 10.7. The molecule has 0 aliphatic rings. The number of hydrogen-bond donors (Lipinski definition) is 0. The normalized spacial score (nSPS) is 11.6. The summed E-state index contributed by atoms with van der Waals surface area (Å²) in [6.07, 6.45) is 0. The zero-order valence-electron chi connectivity index (χ0n) is 30.2. The average Bonchev–Trinajstić information content (AvgIpc) is 3.83. The van der Waals surface area contributed by atoms with Gasteiger partial charge in [-0.05, 0) is 69.8 Å². The van der Waals surface area contributed by atoms with Gasteiger partial charge in [-0.3, -0.25) is 4.57 Å². The molecule has 5 heteroatoms. The van der Waals surface area contributed by atoms with E-state index in [4.69, 9.17) is 19.4 Å². The fourth-order valence-corrected chi connectivity index (χ4v) is 8.00. The van der Waals surface area contributed by atoms with Gasteiger partial charge in [0.25, 0.3) is 0 Å². The van der Waals surface area contributed by atoms with Crippen molar-refractivity contribution in [1.29, 1.82) is 0 Å². The van der Waals surface area contributed by atoms with Gasteiger partial charge in [-0.25, -0.2) is 4.98 Å². The molecule has 0 unspecified atom stereocenters. The van der Waals surface area contributed by atoms with Crippen LogP contribution in [0.3, 0.4) is 0 Å². The van der Waals surface area contributed by atoms with Crippen LogP contribution in [0.5, 0.6) is 0 Å². The predicted molar refractivity (Wildman–Crippen MR) is 229 cm³/mol. The van der Waals surface area contributed by atoms with E-state index in [1.165, 1.54) is 5.56 Å². The van der Waals surface area contributed by atoms with Gasteiger partial charge >= 0.3 is 0 Å². The van der Waals surface area contributed by atoms with E-state index in [0.29, 0.717) is 17.6 Å². The first kappa shape index (κ1) is 31.9. The molecule has 3 heterocycles. The van der Waals surface area contributed by atoms with E-state index in [1.54, 1.807) is 0 Å². The zero-order valence-corrected chi connectivity index (χ0v) is 30.2. The molecule has 3 aromatic heterocycles. The summed E-state index contributed by atoms with van der Waals surface area (Å²) in [5.41, 5.74) is 12.5. The fourth-order valence-electron chi connectivity index (χ4n) is 8.00. The zero-order chi connectivity index (χ0) is 37.0. The molecule has 0 atom stereocenters. The monoisotopic (exact) mass is 716 g/mol. The van der Waals surface area contributed by atoms with Gasteiger partial charge in [-0.15, -0.1) is 0 Å². The smallest absolute Gasteiger partial charge is 0.238 e. The SMILES string of the molecule is c1ccc(-c2ccc3c(c2)oc2cccc(-c4cccc(-c5ccc(-c6nc(-c7ccccc7)nc(-n7c8ccccc8c8ccccc87)n6)cc5)c4)c23)cc1. The van der Waals surface area contributed by atoms with Crippen molar-refractivity contribution in [2.75, 3.05) is 0 Å². The lowest BCUT2D eigenvalue weighted by Crippen LogP contribution is -2.06. The van der Waals surface area contributed by atoms with Crippen LogP contribution in [0.4, 0.5) is 0 Å². The highest BCUT2D eigenvalue weighted by atomic mass is 16.3. The summed E-state index contributed by atoms with van der Waals surface area (Å²) < 4.78 is 8.59. The lowest BCUT2D eigenvalue weighted by atomic mass is 9.95. The molecule has 8 aromatic carbocycles. The van der Waals surface area contributed by atoms with Crippen molar-refractivity contribution in [1.82, 2.24) is 19.5 Å². The number of para-hydroxylation sites is 2. The summed E-state index contributed by atoms with van der Waals surface area (Å²) in [5.74, 6) is 1.83. The lowest BCUT2D eigenvalue weighted by Gasteiger charge is -2.11. The lowest BCUT2D eigenvalue weighted by molar-refractivity contribution is 0.669. The summed E-state index contributed by atoms with van der Waals surface area (Å²) in [6, 6.07) is 67.5. The first-order valence-electron chi connectivity index (χ1n) is 18.8. The molecule has 0 spiro atoms. The second-order valence-corrected chi connectivity index (χ2v) is 14.0. The van der Waals surface area contributed by atoms with E-state index < -0.39 is 0 Å². The minimum atomic E-state index is 0.584. The van der Waals surface area contributed by atoms with Gasteiger partial charge in [0, 0.05) is 32.7 Å². The first-order valence-corrected chi connectivity index (χ1v) is 18.8. The minimum Gasteiger partial charge on any atom is -0.456 e. The van der Waals surface area contributed by atoms with Crippen LogP contribution in [-0.2, 0) is 0 Å². The Morgan fingerprint density at radius 1 is 0.339 bits per heavy atom. The number of benzene rings is 8. The maximum Gasteiger partial charge on any atom is 0.238 e. The van der Waals surface area contributed by atoms with E-state index in [0.717, 1.165) is 82.7 Å². The molecule has 11 rings (SSSR count). The molecule has 56 heavy (non-hydrogen) atoms. The molecule has 0 radical (unpaired) electrons. The van der Waals surface area contributed by atoms with Gasteiger partial charge in [-0.2, -0.15) is 9.97 Å². The number of nitrogens with zero attached hydrogens (tertiary/aromatic N) is 4. The summed E-state index contributed by atoms with van der Waals surface area (Å²) >= 11 is 0. The molecule has 0 aliphatic carbocycles. The Bertz CT molecular complexity index is 3180. The molecule has 262 valence electrons. The Labute approximate surface area is 322 Å². The van der Waals surface area contributed by atoms with E-state index in [-0.39, 0.29) is 0 Å².